The highest BCUT2D eigenvalue weighted by molar-refractivity contribution is 5.86. The van der Waals surface area contributed by atoms with Gasteiger partial charge in [0, 0.05) is 5.92 Å². The van der Waals surface area contributed by atoms with E-state index in [0.717, 1.165) is 44.8 Å². The molecule has 29 heavy (non-hydrogen) atoms. The number of carbonyl (C=O) groups excluding carboxylic acids is 1. The molecule has 2 aliphatic carbocycles. The number of carbonyl (C=O) groups is 3. The molecule has 0 bridgehead atoms. The van der Waals surface area contributed by atoms with Crippen LogP contribution in [0.1, 0.15) is 59.3 Å². The summed E-state index contributed by atoms with van der Waals surface area (Å²) in [7, 11) is 1.11. The van der Waals surface area contributed by atoms with Crippen LogP contribution in [0.2, 0.25) is 0 Å². The number of ether oxygens (including phenoxy) is 2. The zero-order valence-corrected chi connectivity index (χ0v) is 17.9. The van der Waals surface area contributed by atoms with Crippen LogP contribution < -0.4 is 0 Å². The monoisotopic (exact) mass is 410 g/mol. The van der Waals surface area contributed by atoms with E-state index in [1.807, 2.05) is 0 Å². The average Bonchev–Trinajstić information content (AvgIpc) is 2.60. The molecule has 2 N–H and O–H groups in total. The van der Waals surface area contributed by atoms with Crippen molar-refractivity contribution in [1.82, 2.24) is 0 Å². The van der Waals surface area contributed by atoms with Gasteiger partial charge in [0.15, 0.2) is 6.10 Å². The molecule has 2 rings (SSSR count). The lowest BCUT2D eigenvalue weighted by atomic mass is 9.48. The highest BCUT2D eigenvalue weighted by Gasteiger charge is 2.53. The van der Waals surface area contributed by atoms with E-state index in [0.29, 0.717) is 5.92 Å². The highest BCUT2D eigenvalue weighted by atomic mass is 16.5. The lowest BCUT2D eigenvalue weighted by molar-refractivity contribution is -0.171. The van der Waals surface area contributed by atoms with Crippen molar-refractivity contribution >= 4 is 17.9 Å². The number of carboxylic acids is 2. The lowest BCUT2D eigenvalue weighted by Gasteiger charge is -2.58. The molecule has 164 valence electrons. The molecule has 0 amide bonds. The van der Waals surface area contributed by atoms with Crippen molar-refractivity contribution in [3.8, 4) is 0 Å². The Hall–Kier alpha value is -1.89. The molecule has 5 unspecified atom stereocenters. The maximum atomic E-state index is 12.0. The fourth-order valence-corrected chi connectivity index (χ4v) is 5.79. The maximum absolute atomic E-state index is 12.0. The van der Waals surface area contributed by atoms with Crippen LogP contribution in [0.5, 0.6) is 0 Å². The van der Waals surface area contributed by atoms with Gasteiger partial charge in [-0.2, -0.15) is 0 Å². The number of esters is 1. The van der Waals surface area contributed by atoms with E-state index >= 15 is 0 Å². The average molecular weight is 411 g/mol. The Morgan fingerprint density at radius 3 is 2.41 bits per heavy atom. The summed E-state index contributed by atoms with van der Waals surface area (Å²) < 4.78 is 10.4. The van der Waals surface area contributed by atoms with Crippen LogP contribution in [-0.4, -0.2) is 47.9 Å². The highest BCUT2D eigenvalue weighted by Crippen LogP contribution is 2.60. The van der Waals surface area contributed by atoms with Crippen molar-refractivity contribution in [3.05, 3.63) is 12.2 Å². The summed E-state index contributed by atoms with van der Waals surface area (Å²) >= 11 is 0. The molecule has 7 heteroatoms. The first-order chi connectivity index (χ1) is 13.4. The minimum Gasteiger partial charge on any atom is -0.481 e. The second kappa shape index (κ2) is 8.86. The van der Waals surface area contributed by atoms with Crippen molar-refractivity contribution < 1.29 is 34.1 Å². The van der Waals surface area contributed by atoms with Crippen LogP contribution in [0.15, 0.2) is 12.2 Å². The van der Waals surface area contributed by atoms with Gasteiger partial charge in [-0.1, -0.05) is 39.3 Å². The van der Waals surface area contributed by atoms with E-state index in [-0.39, 0.29) is 23.4 Å². The molecule has 2 aliphatic rings. The second-order valence-electron chi connectivity index (χ2n) is 9.47. The predicted molar refractivity (Wildman–Crippen MR) is 106 cm³/mol. The van der Waals surface area contributed by atoms with Gasteiger partial charge < -0.3 is 19.7 Å². The maximum Gasteiger partial charge on any atom is 0.333 e. The molecule has 0 aromatic rings. The summed E-state index contributed by atoms with van der Waals surface area (Å²) in [6.45, 7) is 11.2. The number of rotatable bonds is 8. The largest absolute Gasteiger partial charge is 0.481 e. The Bertz CT molecular complexity index is 668. The van der Waals surface area contributed by atoms with Crippen molar-refractivity contribution in [2.24, 2.45) is 28.6 Å². The van der Waals surface area contributed by atoms with Crippen molar-refractivity contribution in [2.45, 2.75) is 65.4 Å². The number of fused-ring (bicyclic) bond motifs is 1. The van der Waals surface area contributed by atoms with E-state index in [2.05, 4.69) is 32.1 Å². The summed E-state index contributed by atoms with van der Waals surface area (Å²) in [5, 5.41) is 18.7. The number of aliphatic carboxylic acids is 2. The molecule has 0 aromatic heterocycles. The summed E-state index contributed by atoms with van der Waals surface area (Å²) in [5.74, 6) is -4.51. The first-order valence-electron chi connectivity index (χ1n) is 10.3. The third-order valence-electron chi connectivity index (χ3n) is 7.27. The summed E-state index contributed by atoms with van der Waals surface area (Å²) in [5.41, 5.74) is 1.17. The van der Waals surface area contributed by atoms with E-state index < -0.39 is 36.4 Å². The molecule has 7 nitrogen and oxygen atoms in total. The number of carboxylic acid groups (broad SMARTS) is 2. The Morgan fingerprint density at radius 1 is 1.21 bits per heavy atom. The van der Waals surface area contributed by atoms with Crippen LogP contribution >= 0.6 is 0 Å². The van der Waals surface area contributed by atoms with E-state index in [4.69, 9.17) is 9.84 Å². The standard InChI is InChI=1S/C22H34O7/c1-13-7-8-16-21(2,3)9-6-10-22(16,4)15(13)12-29-18(19(25)26)14(11-17(23)24)20(27)28-5/h14-16,18H,1,6-12H2,2-5H3,(H,23,24)(H,25,26). The van der Waals surface area contributed by atoms with Crippen LogP contribution in [0.4, 0.5) is 0 Å². The number of methoxy groups -OCH3 is 1. The van der Waals surface area contributed by atoms with E-state index in [1.165, 1.54) is 0 Å². The van der Waals surface area contributed by atoms with E-state index in [1.54, 1.807) is 0 Å². The molecule has 0 saturated heterocycles. The van der Waals surface area contributed by atoms with Gasteiger partial charge in [0.05, 0.1) is 20.1 Å². The fourth-order valence-electron chi connectivity index (χ4n) is 5.79. The van der Waals surface area contributed by atoms with Crippen LogP contribution in [-0.2, 0) is 23.9 Å². The Morgan fingerprint density at radius 2 is 1.86 bits per heavy atom. The van der Waals surface area contributed by atoms with E-state index in [9.17, 15) is 19.5 Å². The predicted octanol–water partition coefficient (Wildman–Crippen LogP) is 3.52. The van der Waals surface area contributed by atoms with Gasteiger partial charge in [0.2, 0.25) is 0 Å². The Balaban J connectivity index is 2.24. The molecule has 2 saturated carbocycles. The van der Waals surface area contributed by atoms with Crippen molar-refractivity contribution in [2.75, 3.05) is 13.7 Å². The summed E-state index contributed by atoms with van der Waals surface area (Å²) in [6.07, 6.45) is 2.95. The topological polar surface area (TPSA) is 110 Å². The Labute approximate surface area is 172 Å². The molecule has 0 aliphatic heterocycles. The third-order valence-corrected chi connectivity index (χ3v) is 7.27. The van der Waals surface area contributed by atoms with Gasteiger partial charge in [-0.3, -0.25) is 9.59 Å². The fraction of sp³-hybridized carbons (Fsp3) is 0.773. The Kier molecular flexibility index (Phi) is 7.14. The summed E-state index contributed by atoms with van der Waals surface area (Å²) in [4.78, 5) is 35.0. The van der Waals surface area contributed by atoms with Gasteiger partial charge in [-0.15, -0.1) is 0 Å². The van der Waals surface area contributed by atoms with Crippen molar-refractivity contribution in [1.29, 1.82) is 0 Å². The van der Waals surface area contributed by atoms with Crippen LogP contribution in [0.3, 0.4) is 0 Å². The number of hydrogen-bond acceptors (Lipinski definition) is 5. The number of hydrogen-bond donors (Lipinski definition) is 2. The minimum atomic E-state index is -1.58. The molecular formula is C22H34O7. The zero-order chi connectivity index (χ0) is 22.0. The van der Waals surface area contributed by atoms with Gasteiger partial charge in [-0.25, -0.2) is 4.79 Å². The molecule has 0 radical (unpaired) electrons. The minimum absolute atomic E-state index is 0.0363. The van der Waals surface area contributed by atoms with Gasteiger partial charge in [-0.05, 0) is 42.4 Å². The normalized spacial score (nSPS) is 30.7. The first kappa shape index (κ1) is 23.4. The molecule has 0 heterocycles. The quantitative estimate of drug-likeness (QED) is 0.465. The second-order valence-corrected chi connectivity index (χ2v) is 9.47. The molecule has 2 fully saturated rings. The molecule has 5 atom stereocenters. The molecular weight excluding hydrogens is 376 g/mol. The van der Waals surface area contributed by atoms with Crippen molar-refractivity contribution in [3.63, 3.8) is 0 Å². The zero-order valence-electron chi connectivity index (χ0n) is 17.9. The molecule has 0 spiro atoms. The summed E-state index contributed by atoms with van der Waals surface area (Å²) in [6, 6.07) is 0. The third kappa shape index (κ3) is 4.82. The SMILES string of the molecule is C=C1CCC2C(C)(C)CCCC2(C)C1COC(C(=O)O)C(CC(=O)O)C(=O)OC. The van der Waals surface area contributed by atoms with Gasteiger partial charge in [0.25, 0.3) is 0 Å². The first-order valence-corrected chi connectivity index (χ1v) is 10.3. The van der Waals surface area contributed by atoms with Gasteiger partial charge in [0.1, 0.15) is 5.92 Å². The van der Waals surface area contributed by atoms with Crippen LogP contribution in [0, 0.1) is 28.6 Å². The molecule has 0 aromatic carbocycles. The van der Waals surface area contributed by atoms with Gasteiger partial charge >= 0.3 is 17.9 Å². The lowest BCUT2D eigenvalue weighted by Crippen LogP contribution is -2.51. The smallest absolute Gasteiger partial charge is 0.333 e. The van der Waals surface area contributed by atoms with Crippen LogP contribution in [0.25, 0.3) is 0 Å².